The Morgan fingerprint density at radius 1 is 0.643 bits per heavy atom. The van der Waals surface area contributed by atoms with Gasteiger partial charge < -0.3 is 27.4 Å². The van der Waals surface area contributed by atoms with Gasteiger partial charge in [-0.2, -0.15) is 0 Å². The molecule has 0 bridgehead atoms. The molecule has 0 fully saturated rings. The third-order valence-electron chi connectivity index (χ3n) is 10.7. The van der Waals surface area contributed by atoms with Crippen LogP contribution >= 0.6 is 0 Å². The number of allylic oxidation sites excluding steroid dienone is 3. The summed E-state index contributed by atoms with van der Waals surface area (Å²) in [5, 5.41) is 10.9. The molecule has 1 aliphatic rings. The molecule has 0 saturated carbocycles. The number of unbranched alkanes of at least 4 members (excludes halogenated alkanes) is 5. The minimum Gasteiger partial charge on any atom is -0.398 e. The van der Waals surface area contributed by atoms with Crippen LogP contribution in [0.3, 0.4) is 0 Å². The summed E-state index contributed by atoms with van der Waals surface area (Å²) in [6, 6.07) is 33.2. The first-order valence-electron chi connectivity index (χ1n) is 20.0. The SMILES string of the molecule is CC1=CC(=Nc2cc(C)c(N)cc2Nc2ccccc2)CC=C1NCCCCCCCCNc1cc2c(cc1C)nc1cc(C)c(N)cc1[n+]2-c1ccccc1. The number of hydrogen-bond donors (Lipinski definition) is 5. The highest BCUT2D eigenvalue weighted by Crippen LogP contribution is 2.34. The second kappa shape index (κ2) is 17.5. The summed E-state index contributed by atoms with van der Waals surface area (Å²) in [4.78, 5) is 10.1. The third kappa shape index (κ3) is 9.03. The highest BCUT2D eigenvalue weighted by Gasteiger charge is 2.22. The predicted octanol–water partition coefficient (Wildman–Crippen LogP) is 10.8. The molecular formula is C48H55N8+. The van der Waals surface area contributed by atoms with Crippen molar-refractivity contribution in [1.82, 2.24) is 10.3 Å². The molecule has 0 radical (unpaired) electrons. The molecule has 7 N–H and O–H groups in total. The van der Waals surface area contributed by atoms with E-state index in [0.29, 0.717) is 0 Å². The highest BCUT2D eigenvalue weighted by atomic mass is 15.0. The number of aromatic nitrogens is 2. The van der Waals surface area contributed by atoms with E-state index in [1.54, 1.807) is 0 Å². The molecule has 8 nitrogen and oxygen atoms in total. The van der Waals surface area contributed by atoms with Gasteiger partial charge in [0.25, 0.3) is 0 Å². The van der Waals surface area contributed by atoms with Crippen LogP contribution in [0.2, 0.25) is 0 Å². The van der Waals surface area contributed by atoms with Crippen LogP contribution in [0.1, 0.15) is 68.6 Å². The molecule has 7 rings (SSSR count). The summed E-state index contributed by atoms with van der Waals surface area (Å²) in [6.45, 7) is 10.3. The van der Waals surface area contributed by atoms with E-state index < -0.39 is 0 Å². The van der Waals surface area contributed by atoms with E-state index in [1.807, 2.05) is 56.3 Å². The molecule has 8 heteroatoms. The number of nitrogens with zero attached hydrogens (tertiary/aromatic N) is 3. The number of aliphatic imine (C=N–C) groups is 1. The molecule has 0 unspecified atom stereocenters. The van der Waals surface area contributed by atoms with Gasteiger partial charge in [0.1, 0.15) is 11.0 Å². The van der Waals surface area contributed by atoms with E-state index in [-0.39, 0.29) is 0 Å². The lowest BCUT2D eigenvalue weighted by atomic mass is 10.0. The Labute approximate surface area is 331 Å². The molecule has 0 amide bonds. The molecule has 1 aromatic heterocycles. The number of hydrogen-bond acceptors (Lipinski definition) is 7. The summed E-state index contributed by atoms with van der Waals surface area (Å²) < 4.78 is 2.28. The summed E-state index contributed by atoms with van der Waals surface area (Å²) in [6.07, 6.45) is 12.5. The quantitative estimate of drug-likeness (QED) is 0.0309. The van der Waals surface area contributed by atoms with Gasteiger partial charge in [-0.3, -0.25) is 4.99 Å². The van der Waals surface area contributed by atoms with Crippen molar-refractivity contribution >= 4 is 61.9 Å². The summed E-state index contributed by atoms with van der Waals surface area (Å²) in [5.41, 5.74) is 30.0. The maximum absolute atomic E-state index is 6.39. The van der Waals surface area contributed by atoms with E-state index in [2.05, 4.69) is 101 Å². The van der Waals surface area contributed by atoms with Crippen LogP contribution in [0.4, 0.5) is 34.1 Å². The van der Waals surface area contributed by atoms with E-state index in [1.165, 1.54) is 42.5 Å². The summed E-state index contributed by atoms with van der Waals surface area (Å²) in [5.74, 6) is 0. The Balaban J connectivity index is 0.863. The number of nitrogen functional groups attached to an aromatic ring is 2. The van der Waals surface area contributed by atoms with Gasteiger partial charge in [-0.05, 0) is 105 Å². The van der Waals surface area contributed by atoms with Gasteiger partial charge in [0.15, 0.2) is 0 Å². The molecule has 6 aromatic rings. The van der Waals surface area contributed by atoms with Crippen LogP contribution in [0.5, 0.6) is 0 Å². The van der Waals surface area contributed by atoms with Crippen molar-refractivity contribution in [3.05, 3.63) is 137 Å². The zero-order valence-electron chi connectivity index (χ0n) is 33.3. The Bertz CT molecular complexity index is 2430. The van der Waals surface area contributed by atoms with Gasteiger partial charge in [0.05, 0.1) is 11.4 Å². The number of nitrogens with one attached hydrogen (secondary N) is 3. The van der Waals surface area contributed by atoms with Crippen LogP contribution in [-0.2, 0) is 0 Å². The lowest BCUT2D eigenvalue weighted by Crippen LogP contribution is -2.33. The van der Waals surface area contributed by atoms with Crippen molar-refractivity contribution in [2.45, 2.75) is 72.6 Å². The number of para-hydroxylation sites is 2. The molecule has 5 aromatic carbocycles. The maximum Gasteiger partial charge on any atom is 0.239 e. The van der Waals surface area contributed by atoms with Crippen LogP contribution in [0.25, 0.3) is 27.8 Å². The monoisotopic (exact) mass is 743 g/mol. The van der Waals surface area contributed by atoms with Crippen molar-refractivity contribution < 1.29 is 4.57 Å². The topological polar surface area (TPSA) is 117 Å². The summed E-state index contributed by atoms with van der Waals surface area (Å²) in [7, 11) is 0. The maximum atomic E-state index is 6.39. The van der Waals surface area contributed by atoms with E-state index >= 15 is 0 Å². The lowest BCUT2D eigenvalue weighted by Gasteiger charge is -2.17. The third-order valence-corrected chi connectivity index (χ3v) is 10.7. The standard InChI is InChI=1S/C48H54N8/c1-32-26-43(44(29-39(32)49)53-36-17-11-9-12-18-36)54-37-21-22-41(34(3)25-37)51-23-15-7-5-6-8-16-24-52-42-31-48-46(28-35(42)4)55-45-27-33(2)40(50)30-47(45)56(48)38-19-13-10-14-20-38/h9-14,17-20,22,25-31,51,53H,5-8,15-16,21,23-24,49H2,1-4H3,(H2,50,52)/p+1. The fourth-order valence-electron chi connectivity index (χ4n) is 7.40. The Hall–Kier alpha value is -6.15. The van der Waals surface area contributed by atoms with Crippen molar-refractivity contribution in [3.8, 4) is 5.69 Å². The molecule has 0 saturated heterocycles. The average molecular weight is 744 g/mol. The Kier molecular flexibility index (Phi) is 11.9. The molecular weight excluding hydrogens is 689 g/mol. The number of fused-ring (bicyclic) bond motifs is 2. The van der Waals surface area contributed by atoms with Crippen LogP contribution in [-0.4, -0.2) is 23.8 Å². The van der Waals surface area contributed by atoms with Gasteiger partial charge in [-0.15, -0.1) is 4.57 Å². The molecule has 0 atom stereocenters. The van der Waals surface area contributed by atoms with Gasteiger partial charge in [0.2, 0.25) is 16.7 Å². The van der Waals surface area contributed by atoms with Gasteiger partial charge in [-0.1, -0.05) is 68.2 Å². The molecule has 0 spiro atoms. The number of rotatable bonds is 15. The second-order valence-electron chi connectivity index (χ2n) is 15.1. The van der Waals surface area contributed by atoms with E-state index in [9.17, 15) is 0 Å². The second-order valence-corrected chi connectivity index (χ2v) is 15.1. The highest BCUT2D eigenvalue weighted by molar-refractivity contribution is 6.01. The van der Waals surface area contributed by atoms with Crippen LogP contribution < -0.4 is 32.0 Å². The smallest absolute Gasteiger partial charge is 0.239 e. The Morgan fingerprint density at radius 2 is 1.25 bits per heavy atom. The first-order chi connectivity index (χ1) is 27.2. The zero-order chi connectivity index (χ0) is 39.0. The molecule has 0 aliphatic heterocycles. The van der Waals surface area contributed by atoms with Crippen molar-refractivity contribution in [2.75, 3.05) is 35.2 Å². The molecule has 1 aliphatic carbocycles. The number of benzene rings is 5. The minimum atomic E-state index is 0.754. The average Bonchev–Trinajstić information content (AvgIpc) is 3.19. The first kappa shape index (κ1) is 38.1. The fourth-order valence-corrected chi connectivity index (χ4v) is 7.40. The van der Waals surface area contributed by atoms with Crippen molar-refractivity contribution in [2.24, 2.45) is 4.99 Å². The van der Waals surface area contributed by atoms with Crippen molar-refractivity contribution in [1.29, 1.82) is 0 Å². The largest absolute Gasteiger partial charge is 0.398 e. The normalized spacial score (nSPS) is 13.5. The molecule has 286 valence electrons. The predicted molar refractivity (Wildman–Crippen MR) is 238 cm³/mol. The van der Waals surface area contributed by atoms with Crippen molar-refractivity contribution in [3.63, 3.8) is 0 Å². The summed E-state index contributed by atoms with van der Waals surface area (Å²) >= 11 is 0. The van der Waals surface area contributed by atoms with Gasteiger partial charge in [0, 0.05) is 77.9 Å². The first-order valence-corrected chi connectivity index (χ1v) is 20.0. The van der Waals surface area contributed by atoms with Crippen LogP contribution in [0, 0.1) is 20.8 Å². The zero-order valence-corrected chi connectivity index (χ0v) is 33.3. The molecule has 1 heterocycles. The van der Waals surface area contributed by atoms with Crippen LogP contribution in [0.15, 0.2) is 125 Å². The minimum absolute atomic E-state index is 0.754. The molecule has 56 heavy (non-hydrogen) atoms. The van der Waals surface area contributed by atoms with E-state index in [0.717, 1.165) is 111 Å². The number of aryl methyl sites for hydroxylation is 3. The fraction of sp³-hybridized carbons (Fsp3) is 0.271. The van der Waals surface area contributed by atoms with E-state index in [4.69, 9.17) is 21.4 Å². The van der Waals surface area contributed by atoms with Gasteiger partial charge in [-0.25, -0.2) is 4.98 Å². The van der Waals surface area contributed by atoms with Gasteiger partial charge >= 0.3 is 0 Å². The Morgan fingerprint density at radius 3 is 1.96 bits per heavy atom. The number of anilines is 5. The lowest BCUT2D eigenvalue weighted by molar-refractivity contribution is -0.538. The number of nitrogens with two attached hydrogens (primary N) is 2.